The van der Waals surface area contributed by atoms with Crippen molar-refractivity contribution in [3.05, 3.63) is 53.3 Å². The van der Waals surface area contributed by atoms with Crippen LogP contribution in [0.25, 0.3) is 0 Å². The van der Waals surface area contributed by atoms with E-state index in [2.05, 4.69) is 67.6 Å². The summed E-state index contributed by atoms with van der Waals surface area (Å²) in [6.45, 7) is 8.61. The SMILES string of the molecule is Cc1cc(CC(CNCC(C)C)c2ccccc2)n(C)n1. The highest BCUT2D eigenvalue weighted by atomic mass is 15.3. The van der Waals surface area contributed by atoms with Gasteiger partial charge in [0.25, 0.3) is 0 Å². The van der Waals surface area contributed by atoms with Crippen molar-refractivity contribution >= 4 is 0 Å². The fraction of sp³-hybridized carbons (Fsp3) is 0.500. The van der Waals surface area contributed by atoms with E-state index in [4.69, 9.17) is 0 Å². The van der Waals surface area contributed by atoms with Gasteiger partial charge < -0.3 is 5.32 Å². The van der Waals surface area contributed by atoms with Gasteiger partial charge >= 0.3 is 0 Å². The molecule has 1 N–H and O–H groups in total. The first-order chi connectivity index (χ1) is 10.1. The van der Waals surface area contributed by atoms with Crippen molar-refractivity contribution < 1.29 is 0 Å². The maximum absolute atomic E-state index is 4.46. The molecule has 21 heavy (non-hydrogen) atoms. The van der Waals surface area contributed by atoms with Crippen LogP contribution in [-0.2, 0) is 13.5 Å². The molecule has 0 spiro atoms. The van der Waals surface area contributed by atoms with Crippen LogP contribution in [0.5, 0.6) is 0 Å². The third kappa shape index (κ3) is 4.71. The van der Waals surface area contributed by atoms with Gasteiger partial charge in [0.05, 0.1) is 5.69 Å². The van der Waals surface area contributed by atoms with Crippen LogP contribution < -0.4 is 5.32 Å². The number of benzene rings is 1. The monoisotopic (exact) mass is 285 g/mol. The summed E-state index contributed by atoms with van der Waals surface area (Å²) in [5.74, 6) is 1.17. The lowest BCUT2D eigenvalue weighted by Gasteiger charge is -2.19. The van der Waals surface area contributed by atoms with E-state index in [0.29, 0.717) is 11.8 Å². The second-order valence-corrected chi connectivity index (χ2v) is 6.26. The average Bonchev–Trinajstić information content (AvgIpc) is 2.76. The Bertz CT molecular complexity index is 543. The first-order valence-electron chi connectivity index (χ1n) is 7.81. The summed E-state index contributed by atoms with van der Waals surface area (Å²) in [6.07, 6.45) is 1.02. The summed E-state index contributed by atoms with van der Waals surface area (Å²) in [7, 11) is 2.03. The maximum atomic E-state index is 4.46. The van der Waals surface area contributed by atoms with Crippen LogP contribution in [0.15, 0.2) is 36.4 Å². The number of nitrogens with one attached hydrogen (secondary N) is 1. The Kier molecular flexibility index (Phi) is 5.57. The molecule has 0 saturated carbocycles. The molecule has 3 nitrogen and oxygen atoms in total. The van der Waals surface area contributed by atoms with Crippen molar-refractivity contribution in [1.82, 2.24) is 15.1 Å². The molecule has 0 bridgehead atoms. The first kappa shape index (κ1) is 15.8. The molecule has 2 aromatic rings. The zero-order chi connectivity index (χ0) is 15.2. The number of aromatic nitrogens is 2. The van der Waals surface area contributed by atoms with Crippen molar-refractivity contribution in [2.75, 3.05) is 13.1 Å². The maximum Gasteiger partial charge on any atom is 0.0596 e. The molecule has 1 aromatic carbocycles. The van der Waals surface area contributed by atoms with Gasteiger partial charge in [-0.2, -0.15) is 5.10 Å². The summed E-state index contributed by atoms with van der Waals surface area (Å²) in [5.41, 5.74) is 3.79. The molecule has 2 rings (SSSR count). The highest BCUT2D eigenvalue weighted by Crippen LogP contribution is 2.20. The molecule has 0 aliphatic rings. The second-order valence-electron chi connectivity index (χ2n) is 6.26. The van der Waals surface area contributed by atoms with Gasteiger partial charge in [0.1, 0.15) is 0 Å². The average molecular weight is 285 g/mol. The van der Waals surface area contributed by atoms with Crippen LogP contribution in [0.2, 0.25) is 0 Å². The standard InChI is InChI=1S/C18H27N3/c1-14(2)12-19-13-17(16-8-6-5-7-9-16)11-18-10-15(3)20-21(18)4/h5-10,14,17,19H,11-13H2,1-4H3. The second kappa shape index (κ2) is 7.41. The van der Waals surface area contributed by atoms with Crippen molar-refractivity contribution in [2.24, 2.45) is 13.0 Å². The van der Waals surface area contributed by atoms with E-state index in [1.807, 2.05) is 11.7 Å². The molecular formula is C18H27N3. The van der Waals surface area contributed by atoms with Crippen molar-refractivity contribution in [3.8, 4) is 0 Å². The topological polar surface area (TPSA) is 29.9 Å². The minimum atomic E-state index is 0.486. The van der Waals surface area contributed by atoms with Gasteiger partial charge in [0.15, 0.2) is 0 Å². The van der Waals surface area contributed by atoms with Gasteiger partial charge in [-0.1, -0.05) is 44.2 Å². The molecule has 0 aliphatic carbocycles. The summed E-state index contributed by atoms with van der Waals surface area (Å²) in [5, 5.41) is 8.06. The quantitative estimate of drug-likeness (QED) is 0.846. The predicted molar refractivity (Wildman–Crippen MR) is 88.5 cm³/mol. The zero-order valence-corrected chi connectivity index (χ0v) is 13.6. The van der Waals surface area contributed by atoms with E-state index in [1.54, 1.807) is 0 Å². The molecule has 1 unspecified atom stereocenters. The minimum absolute atomic E-state index is 0.486. The van der Waals surface area contributed by atoms with E-state index in [0.717, 1.165) is 25.2 Å². The third-order valence-corrected chi connectivity index (χ3v) is 3.77. The van der Waals surface area contributed by atoms with E-state index < -0.39 is 0 Å². The van der Waals surface area contributed by atoms with Crippen LogP contribution >= 0.6 is 0 Å². The molecule has 1 aromatic heterocycles. The Morgan fingerprint density at radius 2 is 1.86 bits per heavy atom. The lowest BCUT2D eigenvalue weighted by Crippen LogP contribution is -2.27. The van der Waals surface area contributed by atoms with E-state index in [-0.39, 0.29) is 0 Å². The van der Waals surface area contributed by atoms with Crippen LogP contribution in [0, 0.1) is 12.8 Å². The highest BCUT2D eigenvalue weighted by Gasteiger charge is 2.14. The normalized spacial score (nSPS) is 12.8. The van der Waals surface area contributed by atoms with E-state index >= 15 is 0 Å². The Hall–Kier alpha value is -1.61. The molecule has 0 aliphatic heterocycles. The van der Waals surface area contributed by atoms with Gasteiger partial charge in [-0.05, 0) is 37.4 Å². The zero-order valence-electron chi connectivity index (χ0n) is 13.6. The van der Waals surface area contributed by atoms with Crippen molar-refractivity contribution in [3.63, 3.8) is 0 Å². The van der Waals surface area contributed by atoms with Crippen LogP contribution in [-0.4, -0.2) is 22.9 Å². The van der Waals surface area contributed by atoms with Gasteiger partial charge in [-0.15, -0.1) is 0 Å². The molecule has 0 amide bonds. The summed E-state index contributed by atoms with van der Waals surface area (Å²) in [6, 6.07) is 13.0. The molecule has 3 heteroatoms. The van der Waals surface area contributed by atoms with Gasteiger partial charge in [-0.3, -0.25) is 4.68 Å². The van der Waals surface area contributed by atoms with Crippen molar-refractivity contribution in [2.45, 2.75) is 33.1 Å². The molecule has 0 radical (unpaired) electrons. The molecule has 0 saturated heterocycles. The molecule has 0 fully saturated rings. The number of rotatable bonds is 7. The Labute approximate surface area is 128 Å². The van der Waals surface area contributed by atoms with E-state index in [1.165, 1.54) is 11.3 Å². The summed E-state index contributed by atoms with van der Waals surface area (Å²) < 4.78 is 2.01. The Balaban J connectivity index is 2.10. The lowest BCUT2D eigenvalue weighted by atomic mass is 9.94. The largest absolute Gasteiger partial charge is 0.316 e. The fourth-order valence-electron chi connectivity index (χ4n) is 2.69. The van der Waals surface area contributed by atoms with Gasteiger partial charge in [0.2, 0.25) is 0 Å². The lowest BCUT2D eigenvalue weighted by molar-refractivity contribution is 0.507. The number of aryl methyl sites for hydroxylation is 2. The van der Waals surface area contributed by atoms with Gasteiger partial charge in [0, 0.05) is 25.2 Å². The van der Waals surface area contributed by atoms with Gasteiger partial charge in [-0.25, -0.2) is 0 Å². The van der Waals surface area contributed by atoms with Crippen LogP contribution in [0.1, 0.15) is 36.7 Å². The van der Waals surface area contributed by atoms with Crippen LogP contribution in [0.3, 0.4) is 0 Å². The highest BCUT2D eigenvalue weighted by molar-refractivity contribution is 5.23. The first-order valence-corrected chi connectivity index (χ1v) is 7.81. The molecule has 1 atom stereocenters. The number of hydrogen-bond donors (Lipinski definition) is 1. The van der Waals surface area contributed by atoms with Crippen molar-refractivity contribution in [1.29, 1.82) is 0 Å². The molecular weight excluding hydrogens is 258 g/mol. The molecule has 1 heterocycles. The smallest absolute Gasteiger partial charge is 0.0596 e. The number of hydrogen-bond acceptors (Lipinski definition) is 2. The Morgan fingerprint density at radius 1 is 1.14 bits per heavy atom. The Morgan fingerprint density at radius 3 is 2.43 bits per heavy atom. The van der Waals surface area contributed by atoms with E-state index in [9.17, 15) is 0 Å². The number of nitrogens with zero attached hydrogens (tertiary/aromatic N) is 2. The third-order valence-electron chi connectivity index (χ3n) is 3.77. The summed E-state index contributed by atoms with van der Waals surface area (Å²) in [4.78, 5) is 0. The summed E-state index contributed by atoms with van der Waals surface area (Å²) >= 11 is 0. The minimum Gasteiger partial charge on any atom is -0.316 e. The molecule has 114 valence electrons. The fourth-order valence-corrected chi connectivity index (χ4v) is 2.69. The predicted octanol–water partition coefficient (Wildman–Crippen LogP) is 3.30. The van der Waals surface area contributed by atoms with Crippen LogP contribution in [0.4, 0.5) is 0 Å².